The maximum atomic E-state index is 12.5. The first-order chi connectivity index (χ1) is 13.5. The van der Waals surface area contributed by atoms with Crippen LogP contribution in [0.2, 0.25) is 0 Å². The average molecular weight is 380 g/mol. The van der Waals surface area contributed by atoms with Crippen LogP contribution in [-0.4, -0.2) is 53.8 Å². The molecule has 3 rings (SSSR count). The minimum atomic E-state index is -0.420. The Morgan fingerprint density at radius 3 is 2.39 bits per heavy atom. The first-order valence-electron chi connectivity index (χ1n) is 9.87. The zero-order chi connectivity index (χ0) is 20.1. The van der Waals surface area contributed by atoms with Gasteiger partial charge in [0.1, 0.15) is 0 Å². The third-order valence-electron chi connectivity index (χ3n) is 5.42. The molecule has 2 aromatic rings. The lowest BCUT2D eigenvalue weighted by molar-refractivity contribution is -0.139. The van der Waals surface area contributed by atoms with Crippen LogP contribution in [0.5, 0.6) is 0 Å². The molecule has 1 unspecified atom stereocenters. The van der Waals surface area contributed by atoms with E-state index in [1.807, 2.05) is 32.0 Å². The van der Waals surface area contributed by atoms with Crippen molar-refractivity contribution in [2.45, 2.75) is 38.9 Å². The van der Waals surface area contributed by atoms with Gasteiger partial charge in [-0.2, -0.15) is 0 Å². The Balaban J connectivity index is 1.70. The Hall–Kier alpha value is -2.66. The maximum Gasteiger partial charge on any atom is 0.237 e. The van der Waals surface area contributed by atoms with Crippen LogP contribution >= 0.6 is 0 Å². The lowest BCUT2D eigenvalue weighted by Gasteiger charge is -2.36. The van der Waals surface area contributed by atoms with Gasteiger partial charge in [0, 0.05) is 32.7 Å². The summed E-state index contributed by atoms with van der Waals surface area (Å²) in [6.45, 7) is 5.97. The van der Waals surface area contributed by atoms with Crippen LogP contribution in [0.1, 0.15) is 25.8 Å². The number of carbonyl (C=O) groups excluding carboxylic acids is 2. The van der Waals surface area contributed by atoms with Crippen molar-refractivity contribution in [1.29, 1.82) is 0 Å². The molecular formula is C23H29N3O2. The number of piperazine rings is 1. The zero-order valence-corrected chi connectivity index (χ0v) is 16.9. The minimum absolute atomic E-state index is 0.00137. The third-order valence-corrected chi connectivity index (χ3v) is 5.42. The molecule has 1 saturated heterocycles. The van der Waals surface area contributed by atoms with Gasteiger partial charge in [-0.3, -0.25) is 14.5 Å². The van der Waals surface area contributed by atoms with Crippen molar-refractivity contribution in [3.8, 4) is 11.1 Å². The number of nitrogens with one attached hydrogen (secondary N) is 1. The van der Waals surface area contributed by atoms with Gasteiger partial charge in [0.05, 0.1) is 12.5 Å². The molecule has 0 aliphatic carbocycles. The lowest BCUT2D eigenvalue weighted by Crippen LogP contribution is -2.56. The SMILES string of the molecule is CC(C)N(C)C(=O)CC1C(=O)NCCN1Cc1ccc(-c2ccccc2)cc1. The molecule has 1 aliphatic rings. The first-order valence-corrected chi connectivity index (χ1v) is 9.87. The highest BCUT2D eigenvalue weighted by molar-refractivity contribution is 5.88. The zero-order valence-electron chi connectivity index (χ0n) is 16.9. The van der Waals surface area contributed by atoms with Gasteiger partial charge in [-0.25, -0.2) is 0 Å². The molecule has 5 nitrogen and oxygen atoms in total. The van der Waals surface area contributed by atoms with E-state index in [0.29, 0.717) is 13.1 Å². The molecule has 28 heavy (non-hydrogen) atoms. The van der Waals surface area contributed by atoms with Crippen LogP contribution in [0.4, 0.5) is 0 Å². The number of benzene rings is 2. The highest BCUT2D eigenvalue weighted by Gasteiger charge is 2.32. The normalized spacial score (nSPS) is 17.4. The van der Waals surface area contributed by atoms with Crippen molar-refractivity contribution in [2.24, 2.45) is 0 Å². The monoisotopic (exact) mass is 379 g/mol. The topological polar surface area (TPSA) is 52.7 Å². The fourth-order valence-corrected chi connectivity index (χ4v) is 3.44. The molecule has 1 fully saturated rings. The highest BCUT2D eigenvalue weighted by atomic mass is 16.2. The van der Waals surface area contributed by atoms with E-state index in [1.165, 1.54) is 11.1 Å². The Kier molecular flexibility index (Phi) is 6.47. The maximum absolute atomic E-state index is 12.5. The van der Waals surface area contributed by atoms with Gasteiger partial charge < -0.3 is 10.2 Å². The summed E-state index contributed by atoms with van der Waals surface area (Å²) >= 11 is 0. The molecule has 148 valence electrons. The quantitative estimate of drug-likeness (QED) is 0.840. The Morgan fingerprint density at radius 1 is 1.11 bits per heavy atom. The van der Waals surface area contributed by atoms with Gasteiger partial charge in [0.2, 0.25) is 11.8 Å². The molecule has 1 aliphatic heterocycles. The van der Waals surface area contributed by atoms with E-state index in [1.54, 1.807) is 11.9 Å². The molecule has 0 radical (unpaired) electrons. The smallest absolute Gasteiger partial charge is 0.237 e. The minimum Gasteiger partial charge on any atom is -0.353 e. The van der Waals surface area contributed by atoms with Gasteiger partial charge >= 0.3 is 0 Å². The van der Waals surface area contributed by atoms with Crippen LogP contribution in [0.3, 0.4) is 0 Å². The molecule has 0 spiro atoms. The van der Waals surface area contributed by atoms with Crippen LogP contribution in [0.25, 0.3) is 11.1 Å². The number of rotatable bonds is 6. The third kappa shape index (κ3) is 4.78. The Bertz CT molecular complexity index is 802. The second-order valence-corrected chi connectivity index (χ2v) is 7.64. The van der Waals surface area contributed by atoms with Crippen molar-refractivity contribution in [3.05, 3.63) is 60.2 Å². The first kappa shape index (κ1) is 20.1. The molecule has 5 heteroatoms. The molecule has 0 aromatic heterocycles. The summed E-state index contributed by atoms with van der Waals surface area (Å²) in [6.07, 6.45) is 0.211. The molecule has 1 heterocycles. The Labute approximate surface area is 167 Å². The predicted octanol–water partition coefficient (Wildman–Crippen LogP) is 2.91. The van der Waals surface area contributed by atoms with Crippen LogP contribution in [0.15, 0.2) is 54.6 Å². The summed E-state index contributed by atoms with van der Waals surface area (Å²) in [6, 6.07) is 18.4. The Morgan fingerprint density at radius 2 is 1.75 bits per heavy atom. The number of amides is 2. The van der Waals surface area contributed by atoms with Crippen molar-refractivity contribution < 1.29 is 9.59 Å². The average Bonchev–Trinajstić information content (AvgIpc) is 2.71. The van der Waals surface area contributed by atoms with E-state index in [2.05, 4.69) is 46.6 Å². The highest BCUT2D eigenvalue weighted by Crippen LogP contribution is 2.21. The van der Waals surface area contributed by atoms with E-state index < -0.39 is 6.04 Å². The molecule has 0 bridgehead atoms. The van der Waals surface area contributed by atoms with E-state index in [-0.39, 0.29) is 24.3 Å². The molecule has 2 aromatic carbocycles. The van der Waals surface area contributed by atoms with Gasteiger partial charge in [0.15, 0.2) is 0 Å². The van der Waals surface area contributed by atoms with E-state index in [9.17, 15) is 9.59 Å². The van der Waals surface area contributed by atoms with Crippen LogP contribution < -0.4 is 5.32 Å². The number of hydrogen-bond donors (Lipinski definition) is 1. The molecule has 1 N–H and O–H groups in total. The largest absolute Gasteiger partial charge is 0.353 e. The number of carbonyl (C=O) groups is 2. The van der Waals surface area contributed by atoms with Crippen molar-refractivity contribution >= 4 is 11.8 Å². The molecular weight excluding hydrogens is 350 g/mol. The molecule has 1 atom stereocenters. The predicted molar refractivity (Wildman–Crippen MR) is 112 cm³/mol. The van der Waals surface area contributed by atoms with Crippen molar-refractivity contribution in [1.82, 2.24) is 15.1 Å². The van der Waals surface area contributed by atoms with Gasteiger partial charge in [-0.1, -0.05) is 54.6 Å². The van der Waals surface area contributed by atoms with Gasteiger partial charge in [-0.15, -0.1) is 0 Å². The summed E-state index contributed by atoms with van der Waals surface area (Å²) in [5.41, 5.74) is 3.50. The summed E-state index contributed by atoms with van der Waals surface area (Å²) in [5.74, 6) is -0.0564. The van der Waals surface area contributed by atoms with Crippen molar-refractivity contribution in [2.75, 3.05) is 20.1 Å². The van der Waals surface area contributed by atoms with E-state index >= 15 is 0 Å². The molecule has 2 amide bonds. The summed E-state index contributed by atoms with van der Waals surface area (Å²) in [7, 11) is 1.79. The summed E-state index contributed by atoms with van der Waals surface area (Å²) in [4.78, 5) is 28.8. The van der Waals surface area contributed by atoms with Crippen LogP contribution in [0, 0.1) is 0 Å². The van der Waals surface area contributed by atoms with Gasteiger partial charge in [-0.05, 0) is 30.5 Å². The van der Waals surface area contributed by atoms with E-state index in [4.69, 9.17) is 0 Å². The summed E-state index contributed by atoms with van der Waals surface area (Å²) < 4.78 is 0. The van der Waals surface area contributed by atoms with E-state index in [0.717, 1.165) is 12.1 Å². The lowest BCUT2D eigenvalue weighted by atomic mass is 10.0. The number of hydrogen-bond acceptors (Lipinski definition) is 3. The fourth-order valence-electron chi connectivity index (χ4n) is 3.44. The fraction of sp³-hybridized carbons (Fsp3) is 0.391. The standard InChI is InChI=1S/C23H29N3O2/c1-17(2)25(3)22(27)15-21-23(28)24-13-14-26(21)16-18-9-11-20(12-10-18)19-7-5-4-6-8-19/h4-12,17,21H,13-16H2,1-3H3,(H,24,28). The van der Waals surface area contributed by atoms with Crippen LogP contribution in [-0.2, 0) is 16.1 Å². The molecule has 0 saturated carbocycles. The second kappa shape index (κ2) is 9.02. The summed E-state index contributed by atoms with van der Waals surface area (Å²) in [5, 5.41) is 2.90. The van der Waals surface area contributed by atoms with Gasteiger partial charge in [0.25, 0.3) is 0 Å². The number of nitrogens with zero attached hydrogens (tertiary/aromatic N) is 2. The second-order valence-electron chi connectivity index (χ2n) is 7.64. The van der Waals surface area contributed by atoms with Crippen molar-refractivity contribution in [3.63, 3.8) is 0 Å².